The molecule has 0 aliphatic heterocycles. The molecule has 0 unspecified atom stereocenters. The van der Waals surface area contributed by atoms with Crippen LogP contribution >= 0.6 is 23.2 Å². The molecule has 1 N–H and O–H groups in total. The minimum absolute atomic E-state index is 0.00760. The molecule has 5 nitrogen and oxygen atoms in total. The molecule has 7 heteroatoms. The highest BCUT2D eigenvalue weighted by Gasteiger charge is 2.09. The number of carbonyl (C=O) groups is 1. The van der Waals surface area contributed by atoms with E-state index in [0.29, 0.717) is 0 Å². The number of rotatable bonds is 3. The molecule has 0 aliphatic rings. The second-order valence-electron chi connectivity index (χ2n) is 3.53. The second-order valence-corrected chi connectivity index (χ2v) is 4.23. The van der Waals surface area contributed by atoms with Crippen molar-refractivity contribution < 1.29 is 9.53 Å². The van der Waals surface area contributed by atoms with Gasteiger partial charge in [0.15, 0.2) is 5.15 Å². The van der Waals surface area contributed by atoms with Crippen LogP contribution in [0, 0.1) is 0 Å². The molecule has 98 valence electrons. The summed E-state index contributed by atoms with van der Waals surface area (Å²) in [7, 11) is 0. The van der Waals surface area contributed by atoms with E-state index in [4.69, 9.17) is 27.9 Å². The van der Waals surface area contributed by atoms with Crippen LogP contribution in [0.3, 0.4) is 0 Å². The van der Waals surface area contributed by atoms with E-state index in [1.807, 2.05) is 30.3 Å². The number of anilines is 1. The van der Waals surface area contributed by atoms with E-state index in [0.717, 1.165) is 5.56 Å². The van der Waals surface area contributed by atoms with Crippen molar-refractivity contribution in [2.45, 2.75) is 6.61 Å². The quantitative estimate of drug-likeness (QED) is 0.695. The molecular formula is C12H9Cl2N3O2. The van der Waals surface area contributed by atoms with Gasteiger partial charge in [0.1, 0.15) is 12.3 Å². The standard InChI is InChI=1S/C12H9Cl2N3O2/c13-10-9(6-15-11(14)17-10)16-12(18)19-7-8-4-2-1-3-5-8/h1-6H,7H2,(H,16,18). The van der Waals surface area contributed by atoms with Gasteiger partial charge in [-0.3, -0.25) is 5.32 Å². The molecule has 1 aromatic heterocycles. The Balaban J connectivity index is 1.91. The average Bonchev–Trinajstić information content (AvgIpc) is 2.41. The lowest BCUT2D eigenvalue weighted by Crippen LogP contribution is -2.14. The zero-order valence-corrected chi connectivity index (χ0v) is 11.1. The Kier molecular flexibility index (Phi) is 4.54. The third-order valence-corrected chi connectivity index (χ3v) is 2.63. The number of aromatic nitrogens is 2. The SMILES string of the molecule is O=C(Nc1cnc(Cl)nc1Cl)OCc1ccccc1. The Morgan fingerprint density at radius 3 is 2.68 bits per heavy atom. The number of ether oxygens (including phenoxy) is 1. The third kappa shape index (κ3) is 4.08. The van der Waals surface area contributed by atoms with Crippen LogP contribution in [0.2, 0.25) is 10.4 Å². The molecule has 0 atom stereocenters. The molecule has 1 amide bonds. The first-order chi connectivity index (χ1) is 9.15. The maximum Gasteiger partial charge on any atom is 0.412 e. The average molecular weight is 298 g/mol. The molecule has 0 fully saturated rings. The van der Waals surface area contributed by atoms with Gasteiger partial charge in [0.25, 0.3) is 0 Å². The molecule has 19 heavy (non-hydrogen) atoms. The number of carbonyl (C=O) groups excluding carboxylic acids is 1. The zero-order valence-electron chi connectivity index (χ0n) is 9.64. The summed E-state index contributed by atoms with van der Waals surface area (Å²) in [6, 6.07) is 9.31. The molecule has 0 spiro atoms. The minimum atomic E-state index is -0.642. The molecule has 0 bridgehead atoms. The molecule has 0 radical (unpaired) electrons. The van der Waals surface area contributed by atoms with Gasteiger partial charge in [-0.15, -0.1) is 0 Å². The van der Waals surface area contributed by atoms with Crippen molar-refractivity contribution in [3.05, 3.63) is 52.5 Å². The van der Waals surface area contributed by atoms with Gasteiger partial charge in [0.05, 0.1) is 6.20 Å². The van der Waals surface area contributed by atoms with E-state index in [-0.39, 0.29) is 22.7 Å². The summed E-state index contributed by atoms with van der Waals surface area (Å²) in [4.78, 5) is 18.9. The molecule has 0 saturated carbocycles. The van der Waals surface area contributed by atoms with Gasteiger partial charge in [0, 0.05) is 0 Å². The van der Waals surface area contributed by atoms with E-state index in [9.17, 15) is 4.79 Å². The van der Waals surface area contributed by atoms with Gasteiger partial charge in [-0.25, -0.2) is 14.8 Å². The fourth-order valence-electron chi connectivity index (χ4n) is 1.29. The third-order valence-electron chi connectivity index (χ3n) is 2.16. The van der Waals surface area contributed by atoms with E-state index in [1.54, 1.807) is 0 Å². The molecule has 1 aromatic carbocycles. The van der Waals surface area contributed by atoms with Crippen LogP contribution in [0.1, 0.15) is 5.56 Å². The molecule has 2 rings (SSSR count). The largest absolute Gasteiger partial charge is 0.444 e. The summed E-state index contributed by atoms with van der Waals surface area (Å²) in [5, 5.41) is 2.49. The predicted molar refractivity (Wildman–Crippen MR) is 72.3 cm³/mol. The summed E-state index contributed by atoms with van der Waals surface area (Å²) in [5.41, 5.74) is 1.13. The number of benzene rings is 1. The first-order valence-electron chi connectivity index (χ1n) is 5.31. The van der Waals surface area contributed by atoms with E-state index < -0.39 is 6.09 Å². The van der Waals surface area contributed by atoms with Crippen LogP contribution in [0.15, 0.2) is 36.5 Å². The Labute approximate surface area is 119 Å². The zero-order chi connectivity index (χ0) is 13.7. The highest BCUT2D eigenvalue weighted by molar-refractivity contribution is 6.33. The van der Waals surface area contributed by atoms with Crippen LogP contribution in [-0.2, 0) is 11.3 Å². The van der Waals surface area contributed by atoms with Crippen molar-refractivity contribution in [3.63, 3.8) is 0 Å². The lowest BCUT2D eigenvalue weighted by Gasteiger charge is -2.07. The van der Waals surface area contributed by atoms with E-state index in [2.05, 4.69) is 15.3 Å². The molecule has 0 aliphatic carbocycles. The fourth-order valence-corrected chi connectivity index (χ4v) is 1.65. The van der Waals surface area contributed by atoms with Gasteiger partial charge in [0.2, 0.25) is 5.28 Å². The topological polar surface area (TPSA) is 64.1 Å². The van der Waals surface area contributed by atoms with Gasteiger partial charge < -0.3 is 4.74 Å². The first-order valence-corrected chi connectivity index (χ1v) is 6.06. The van der Waals surface area contributed by atoms with Crippen LogP contribution < -0.4 is 5.32 Å². The maximum absolute atomic E-state index is 11.5. The van der Waals surface area contributed by atoms with Crippen LogP contribution in [0.4, 0.5) is 10.5 Å². The van der Waals surface area contributed by atoms with Crippen molar-refractivity contribution >= 4 is 35.0 Å². The minimum Gasteiger partial charge on any atom is -0.444 e. The van der Waals surface area contributed by atoms with Gasteiger partial charge in [-0.2, -0.15) is 0 Å². The number of halogens is 2. The molecule has 0 saturated heterocycles. The summed E-state index contributed by atoms with van der Waals surface area (Å²) in [6.07, 6.45) is 0.665. The molecule has 1 heterocycles. The molecule has 2 aromatic rings. The van der Waals surface area contributed by atoms with Gasteiger partial charge in [-0.05, 0) is 17.2 Å². The smallest absolute Gasteiger partial charge is 0.412 e. The Bertz CT molecular complexity index is 578. The highest BCUT2D eigenvalue weighted by Crippen LogP contribution is 2.19. The van der Waals surface area contributed by atoms with Crippen molar-refractivity contribution in [3.8, 4) is 0 Å². The Hall–Kier alpha value is -1.85. The summed E-state index contributed by atoms with van der Waals surface area (Å²) in [6.45, 7) is 0.165. The second kappa shape index (κ2) is 6.36. The number of hydrogen-bond donors (Lipinski definition) is 1. The number of nitrogens with one attached hydrogen (secondary N) is 1. The lowest BCUT2D eigenvalue weighted by molar-refractivity contribution is 0.155. The van der Waals surface area contributed by atoms with E-state index >= 15 is 0 Å². The van der Waals surface area contributed by atoms with Crippen molar-refractivity contribution in [1.29, 1.82) is 0 Å². The summed E-state index contributed by atoms with van der Waals surface area (Å²) < 4.78 is 5.02. The summed E-state index contributed by atoms with van der Waals surface area (Å²) >= 11 is 11.3. The van der Waals surface area contributed by atoms with Gasteiger partial charge in [-0.1, -0.05) is 41.9 Å². The predicted octanol–water partition coefficient (Wildman–Crippen LogP) is 3.53. The summed E-state index contributed by atoms with van der Waals surface area (Å²) in [5.74, 6) is 0. The van der Waals surface area contributed by atoms with Gasteiger partial charge >= 0.3 is 6.09 Å². The normalized spacial score (nSPS) is 10.0. The number of hydrogen-bond acceptors (Lipinski definition) is 4. The van der Waals surface area contributed by atoms with Crippen molar-refractivity contribution in [1.82, 2.24) is 9.97 Å². The highest BCUT2D eigenvalue weighted by atomic mass is 35.5. The molecular weight excluding hydrogens is 289 g/mol. The first kappa shape index (κ1) is 13.6. The van der Waals surface area contributed by atoms with E-state index in [1.165, 1.54) is 6.20 Å². The number of nitrogens with zero attached hydrogens (tertiary/aromatic N) is 2. The lowest BCUT2D eigenvalue weighted by atomic mass is 10.2. The van der Waals surface area contributed by atoms with Crippen LogP contribution in [-0.4, -0.2) is 16.1 Å². The Morgan fingerprint density at radius 2 is 2.00 bits per heavy atom. The van der Waals surface area contributed by atoms with Crippen LogP contribution in [0.5, 0.6) is 0 Å². The number of amides is 1. The van der Waals surface area contributed by atoms with Crippen molar-refractivity contribution in [2.75, 3.05) is 5.32 Å². The fraction of sp³-hybridized carbons (Fsp3) is 0.0833. The van der Waals surface area contributed by atoms with Crippen LogP contribution in [0.25, 0.3) is 0 Å². The monoisotopic (exact) mass is 297 g/mol. The Morgan fingerprint density at radius 1 is 1.26 bits per heavy atom. The van der Waals surface area contributed by atoms with Crippen molar-refractivity contribution in [2.24, 2.45) is 0 Å². The maximum atomic E-state index is 11.5.